The van der Waals surface area contributed by atoms with E-state index in [0.717, 1.165) is 15.2 Å². The molecule has 196 valence electrons. The van der Waals surface area contributed by atoms with Crippen LogP contribution in [0.2, 0.25) is 0 Å². The van der Waals surface area contributed by atoms with Crippen LogP contribution in [-0.4, -0.2) is 75.0 Å². The number of urea groups is 1. The molecule has 3 fully saturated rings. The fourth-order valence-corrected chi connectivity index (χ4v) is 8.90. The van der Waals surface area contributed by atoms with Crippen LogP contribution in [0.15, 0.2) is 60.7 Å². The smallest absolute Gasteiger partial charge is 0.292 e. The van der Waals surface area contributed by atoms with Crippen molar-refractivity contribution in [2.24, 2.45) is 5.41 Å². The lowest BCUT2D eigenvalue weighted by Crippen LogP contribution is -2.72. The number of nitro benzene ring substituents is 1. The molecule has 0 radical (unpaired) electrons. The summed E-state index contributed by atoms with van der Waals surface area (Å²) < 4.78 is 0. The van der Waals surface area contributed by atoms with Gasteiger partial charge in [-0.05, 0) is 16.3 Å². The Morgan fingerprint density at radius 3 is 2.28 bits per heavy atom. The second-order valence-corrected chi connectivity index (χ2v) is 11.4. The highest BCUT2D eigenvalue weighted by atomic mass is 32.2. The summed E-state index contributed by atoms with van der Waals surface area (Å²) in [5.74, 6) is -2.34. The number of thioether (sulfide) groups is 1. The fraction of sp³-hybridized carbons (Fsp3) is 0.286. The number of nitrogens with zero attached hydrogens (tertiary/aromatic N) is 4. The minimum Gasteiger partial charge on any atom is -0.292 e. The maximum absolute atomic E-state index is 14.9. The average Bonchev–Trinajstić information content (AvgIpc) is 3.59. The summed E-state index contributed by atoms with van der Waals surface area (Å²) in [6.45, 7) is 0. The molecule has 3 heterocycles. The number of fused-ring (bicyclic) bond motifs is 4. The van der Waals surface area contributed by atoms with Gasteiger partial charge in [0.15, 0.2) is 11.2 Å². The Hall–Kier alpha value is -4.09. The monoisotopic (exact) mass is 542 g/mol. The molecule has 0 bridgehead atoms. The van der Waals surface area contributed by atoms with Gasteiger partial charge in [0.05, 0.1) is 4.92 Å². The Balaban J connectivity index is 1.67. The molecular formula is C28H22N4O6S. The topological polar surface area (TPSA) is 121 Å². The SMILES string of the molecule is CN1C(=O)N(C)C(=O)C2(C1=O)[C@H](c1ccccc1[N+](=O)[O-])[C@@H]1CSCN1[C@@]21C(=O)c2cccc3cccc1c23. The molecule has 3 saturated heterocycles. The average molecular weight is 543 g/mol. The Morgan fingerprint density at radius 2 is 1.59 bits per heavy atom. The van der Waals surface area contributed by atoms with Gasteiger partial charge in [0.2, 0.25) is 11.8 Å². The second kappa shape index (κ2) is 7.73. The Morgan fingerprint density at radius 1 is 0.923 bits per heavy atom. The molecule has 3 atom stereocenters. The van der Waals surface area contributed by atoms with Crippen LogP contribution >= 0.6 is 11.8 Å². The van der Waals surface area contributed by atoms with Crippen molar-refractivity contribution in [1.82, 2.24) is 14.7 Å². The van der Waals surface area contributed by atoms with Crippen molar-refractivity contribution in [2.75, 3.05) is 25.7 Å². The standard InChI is InChI=1S/C28H22N4O6S/c1-29-24(34)27(25(35)30(2)26(29)36)22(16-9-3-4-12-19(16)32(37)38)20-13-39-14-31(20)28(27)18-11-6-8-15-7-5-10-17(21(15)18)23(28)33/h3-12,20,22H,13-14H2,1-2H3/t20-,22+,28-/m0/s1. The summed E-state index contributed by atoms with van der Waals surface area (Å²) in [6.07, 6.45) is 0. The zero-order valence-electron chi connectivity index (χ0n) is 21.0. The Bertz CT molecular complexity index is 1660. The van der Waals surface area contributed by atoms with Crippen LogP contribution < -0.4 is 0 Å². The van der Waals surface area contributed by atoms with E-state index in [1.54, 1.807) is 48.2 Å². The van der Waals surface area contributed by atoms with Gasteiger partial charge < -0.3 is 0 Å². The third kappa shape index (κ3) is 2.48. The largest absolute Gasteiger partial charge is 0.332 e. The Labute approximate surface area is 226 Å². The lowest BCUT2D eigenvalue weighted by atomic mass is 9.57. The number of para-hydroxylation sites is 1. The molecule has 3 aromatic rings. The van der Waals surface area contributed by atoms with Crippen molar-refractivity contribution in [3.8, 4) is 0 Å². The minimum absolute atomic E-state index is 0.200. The summed E-state index contributed by atoms with van der Waals surface area (Å²) in [7, 11) is 2.59. The number of benzene rings is 3. The molecule has 3 aromatic carbocycles. The molecule has 7 rings (SSSR count). The van der Waals surface area contributed by atoms with Gasteiger partial charge in [-0.1, -0.05) is 54.6 Å². The zero-order valence-corrected chi connectivity index (χ0v) is 21.8. The predicted octanol–water partition coefficient (Wildman–Crippen LogP) is 3.35. The molecule has 0 aromatic heterocycles. The van der Waals surface area contributed by atoms with Gasteiger partial charge in [0.25, 0.3) is 5.69 Å². The van der Waals surface area contributed by atoms with E-state index in [4.69, 9.17) is 0 Å². The first-order valence-electron chi connectivity index (χ1n) is 12.5. The molecule has 0 unspecified atom stereocenters. The molecule has 39 heavy (non-hydrogen) atoms. The van der Waals surface area contributed by atoms with Gasteiger partial charge in [0, 0.05) is 54.9 Å². The van der Waals surface area contributed by atoms with Crippen molar-refractivity contribution >= 4 is 51.9 Å². The van der Waals surface area contributed by atoms with Crippen molar-refractivity contribution in [3.63, 3.8) is 0 Å². The summed E-state index contributed by atoms with van der Waals surface area (Å²) in [5.41, 5.74) is -3.08. The number of carbonyl (C=O) groups is 4. The van der Waals surface area contributed by atoms with Gasteiger partial charge in [-0.3, -0.25) is 39.2 Å². The Kier molecular flexibility index (Phi) is 4.76. The number of Topliss-reactive ketones (excluding diaryl/α,β-unsaturated/α-hetero) is 1. The molecule has 4 aliphatic rings. The van der Waals surface area contributed by atoms with Gasteiger partial charge in [-0.2, -0.15) is 0 Å². The normalized spacial score (nSPS) is 27.4. The van der Waals surface area contributed by atoms with Crippen LogP contribution in [0, 0.1) is 15.5 Å². The molecule has 0 N–H and O–H groups in total. The highest BCUT2D eigenvalue weighted by Gasteiger charge is 2.83. The first-order chi connectivity index (χ1) is 18.7. The van der Waals surface area contributed by atoms with Crippen LogP contribution in [0.5, 0.6) is 0 Å². The number of amides is 4. The third-order valence-corrected chi connectivity index (χ3v) is 10.0. The van der Waals surface area contributed by atoms with Crippen molar-refractivity contribution in [2.45, 2.75) is 17.5 Å². The lowest BCUT2D eigenvalue weighted by molar-refractivity contribution is -0.385. The van der Waals surface area contributed by atoms with E-state index in [-0.39, 0.29) is 11.3 Å². The number of carbonyl (C=O) groups excluding carboxylic acids is 4. The molecule has 2 spiro atoms. The maximum Gasteiger partial charge on any atom is 0.332 e. The van der Waals surface area contributed by atoms with E-state index in [1.807, 2.05) is 17.0 Å². The van der Waals surface area contributed by atoms with E-state index in [1.165, 1.54) is 26.2 Å². The van der Waals surface area contributed by atoms with Crippen LogP contribution in [0.25, 0.3) is 10.8 Å². The number of nitro groups is 1. The quantitative estimate of drug-likeness (QED) is 0.275. The summed E-state index contributed by atoms with van der Waals surface area (Å²) in [5, 5.41) is 13.7. The number of imide groups is 2. The van der Waals surface area contributed by atoms with Gasteiger partial charge >= 0.3 is 6.03 Å². The van der Waals surface area contributed by atoms with Crippen LogP contribution in [0.3, 0.4) is 0 Å². The number of barbiturate groups is 1. The van der Waals surface area contributed by atoms with E-state index >= 15 is 0 Å². The van der Waals surface area contributed by atoms with E-state index in [2.05, 4.69) is 0 Å². The number of ketones is 1. The molecule has 1 aliphatic carbocycles. The van der Waals surface area contributed by atoms with Crippen LogP contribution in [0.1, 0.15) is 27.4 Å². The van der Waals surface area contributed by atoms with Crippen molar-refractivity contribution in [1.29, 1.82) is 0 Å². The number of hydrogen-bond acceptors (Lipinski definition) is 8. The van der Waals surface area contributed by atoms with E-state index < -0.39 is 51.5 Å². The van der Waals surface area contributed by atoms with Gasteiger partial charge in [-0.15, -0.1) is 11.8 Å². The second-order valence-electron chi connectivity index (χ2n) is 10.4. The van der Waals surface area contributed by atoms with Gasteiger partial charge in [-0.25, -0.2) is 4.79 Å². The lowest BCUT2D eigenvalue weighted by Gasteiger charge is -2.50. The number of rotatable bonds is 2. The first-order valence-corrected chi connectivity index (χ1v) is 13.6. The summed E-state index contributed by atoms with van der Waals surface area (Å²) >= 11 is 1.55. The molecular weight excluding hydrogens is 520 g/mol. The minimum atomic E-state index is -2.16. The molecule has 11 heteroatoms. The highest BCUT2D eigenvalue weighted by Crippen LogP contribution is 2.70. The maximum atomic E-state index is 14.9. The molecule has 3 aliphatic heterocycles. The molecule has 10 nitrogen and oxygen atoms in total. The highest BCUT2D eigenvalue weighted by molar-refractivity contribution is 7.99. The zero-order chi connectivity index (χ0) is 27.4. The predicted molar refractivity (Wildman–Crippen MR) is 142 cm³/mol. The third-order valence-electron chi connectivity index (χ3n) is 8.97. The van der Waals surface area contributed by atoms with Crippen LogP contribution in [-0.2, 0) is 15.1 Å². The van der Waals surface area contributed by atoms with Crippen molar-refractivity contribution in [3.05, 3.63) is 87.5 Å². The number of hydrogen-bond donors (Lipinski definition) is 0. The van der Waals surface area contributed by atoms with E-state index in [0.29, 0.717) is 28.1 Å². The summed E-state index contributed by atoms with van der Waals surface area (Å²) in [4.78, 5) is 72.7. The van der Waals surface area contributed by atoms with Crippen LogP contribution in [0.4, 0.5) is 10.5 Å². The van der Waals surface area contributed by atoms with Crippen molar-refractivity contribution < 1.29 is 24.1 Å². The fourth-order valence-electron chi connectivity index (χ4n) is 7.60. The summed E-state index contributed by atoms with van der Waals surface area (Å²) in [6, 6.07) is 15.5. The molecule has 4 amide bonds. The molecule has 0 saturated carbocycles. The first kappa shape index (κ1) is 24.0. The van der Waals surface area contributed by atoms with E-state index in [9.17, 15) is 29.3 Å². The van der Waals surface area contributed by atoms with Gasteiger partial charge in [0.1, 0.15) is 5.54 Å².